The molecule has 1 aliphatic rings. The lowest BCUT2D eigenvalue weighted by atomic mass is 9.81. The van der Waals surface area contributed by atoms with Crippen LogP contribution in [0.1, 0.15) is 40.0 Å². The van der Waals surface area contributed by atoms with Crippen LogP contribution < -0.4 is 11.1 Å². The van der Waals surface area contributed by atoms with Crippen LogP contribution in [0.25, 0.3) is 0 Å². The first-order valence-electron chi connectivity index (χ1n) is 7.26. The Morgan fingerprint density at radius 2 is 1.90 bits per heavy atom. The fraction of sp³-hybridized carbons (Fsp3) is 0.857. The van der Waals surface area contributed by atoms with Crippen LogP contribution in [0.5, 0.6) is 0 Å². The molecule has 5 atom stereocenters. The number of nitrogens with one attached hydrogen (secondary N) is 1. The van der Waals surface area contributed by atoms with E-state index in [4.69, 9.17) is 5.73 Å². The Morgan fingerprint density at radius 3 is 2.30 bits per heavy atom. The lowest BCUT2D eigenvalue weighted by molar-refractivity contribution is -0.145. The van der Waals surface area contributed by atoms with Crippen LogP contribution in [0.2, 0.25) is 0 Å². The topological polar surface area (TPSA) is 113 Å². The average Bonchev–Trinajstić information content (AvgIpc) is 2.66. The van der Waals surface area contributed by atoms with Crippen LogP contribution in [-0.2, 0) is 9.59 Å². The SMILES string of the molecule is CCC(CC)[C@H](N)[C@@H]1[C@H](O)[C@H](C(=O)O)C[C@H]1NC(C)=O. The van der Waals surface area contributed by atoms with Gasteiger partial charge in [0.1, 0.15) is 0 Å². The summed E-state index contributed by atoms with van der Waals surface area (Å²) in [4.78, 5) is 22.5. The maximum Gasteiger partial charge on any atom is 0.309 e. The first-order valence-corrected chi connectivity index (χ1v) is 7.26. The van der Waals surface area contributed by atoms with Crippen LogP contribution in [-0.4, -0.2) is 40.3 Å². The molecule has 0 aromatic carbocycles. The molecule has 20 heavy (non-hydrogen) atoms. The first kappa shape index (κ1) is 16.9. The number of carboxylic acid groups (broad SMARTS) is 1. The molecule has 0 aromatic rings. The smallest absolute Gasteiger partial charge is 0.309 e. The molecule has 0 radical (unpaired) electrons. The molecule has 6 heteroatoms. The number of carboxylic acids is 1. The third kappa shape index (κ3) is 3.49. The summed E-state index contributed by atoms with van der Waals surface area (Å²) in [5.74, 6) is -2.33. The highest BCUT2D eigenvalue weighted by molar-refractivity contribution is 5.74. The summed E-state index contributed by atoms with van der Waals surface area (Å²) >= 11 is 0. The predicted molar refractivity (Wildman–Crippen MR) is 74.9 cm³/mol. The van der Waals surface area contributed by atoms with Gasteiger partial charge in [0.2, 0.25) is 5.91 Å². The van der Waals surface area contributed by atoms with E-state index in [-0.39, 0.29) is 30.3 Å². The second-order valence-electron chi connectivity index (χ2n) is 5.71. The zero-order valence-corrected chi connectivity index (χ0v) is 12.4. The number of amides is 1. The molecule has 0 heterocycles. The van der Waals surface area contributed by atoms with Crippen molar-refractivity contribution in [2.45, 2.75) is 58.2 Å². The number of nitrogens with two attached hydrogens (primary N) is 1. The van der Waals surface area contributed by atoms with Gasteiger partial charge in [0.25, 0.3) is 0 Å². The molecule has 116 valence electrons. The molecule has 1 rings (SSSR count). The van der Waals surface area contributed by atoms with E-state index >= 15 is 0 Å². The molecule has 0 bridgehead atoms. The summed E-state index contributed by atoms with van der Waals surface area (Å²) in [6.45, 7) is 5.44. The van der Waals surface area contributed by atoms with Crippen LogP contribution in [0.4, 0.5) is 0 Å². The Labute approximate surface area is 119 Å². The van der Waals surface area contributed by atoms with E-state index in [1.54, 1.807) is 0 Å². The zero-order valence-electron chi connectivity index (χ0n) is 12.4. The minimum atomic E-state index is -1.04. The molecule has 1 fully saturated rings. The van der Waals surface area contributed by atoms with Gasteiger partial charge in [-0.15, -0.1) is 0 Å². The summed E-state index contributed by atoms with van der Waals surface area (Å²) in [5.41, 5.74) is 6.26. The number of aliphatic hydroxyl groups excluding tert-OH is 1. The first-order chi connectivity index (χ1) is 9.33. The highest BCUT2D eigenvalue weighted by atomic mass is 16.4. The monoisotopic (exact) mass is 286 g/mol. The average molecular weight is 286 g/mol. The van der Waals surface area contributed by atoms with Crippen LogP contribution in [0.15, 0.2) is 0 Å². The van der Waals surface area contributed by atoms with Gasteiger partial charge in [-0.1, -0.05) is 26.7 Å². The Morgan fingerprint density at radius 1 is 1.35 bits per heavy atom. The van der Waals surface area contributed by atoms with E-state index in [2.05, 4.69) is 5.32 Å². The van der Waals surface area contributed by atoms with E-state index in [1.807, 2.05) is 13.8 Å². The van der Waals surface area contributed by atoms with Crippen molar-refractivity contribution in [3.63, 3.8) is 0 Å². The van der Waals surface area contributed by atoms with E-state index in [0.29, 0.717) is 0 Å². The summed E-state index contributed by atoms with van der Waals surface area (Å²) in [6.07, 6.45) is 0.950. The second kappa shape index (κ2) is 7.04. The molecule has 0 saturated heterocycles. The van der Waals surface area contributed by atoms with Gasteiger partial charge < -0.3 is 21.3 Å². The Kier molecular flexibility index (Phi) is 5.95. The zero-order chi connectivity index (χ0) is 15.4. The number of aliphatic carboxylic acids is 1. The number of aliphatic hydroxyl groups is 1. The van der Waals surface area contributed by atoms with Gasteiger partial charge in [-0.3, -0.25) is 9.59 Å². The maximum atomic E-state index is 11.3. The largest absolute Gasteiger partial charge is 0.481 e. The van der Waals surface area contributed by atoms with Crippen molar-refractivity contribution in [1.82, 2.24) is 5.32 Å². The number of carbonyl (C=O) groups is 2. The fourth-order valence-corrected chi connectivity index (χ4v) is 3.38. The lowest BCUT2D eigenvalue weighted by Gasteiger charge is -2.33. The highest BCUT2D eigenvalue weighted by Crippen LogP contribution is 2.36. The summed E-state index contributed by atoms with van der Waals surface area (Å²) in [7, 11) is 0. The fourth-order valence-electron chi connectivity index (χ4n) is 3.38. The van der Waals surface area contributed by atoms with E-state index < -0.39 is 23.9 Å². The highest BCUT2D eigenvalue weighted by Gasteiger charge is 2.49. The van der Waals surface area contributed by atoms with Crippen LogP contribution in [0.3, 0.4) is 0 Å². The van der Waals surface area contributed by atoms with Gasteiger partial charge in [-0.05, 0) is 12.3 Å². The maximum absolute atomic E-state index is 11.3. The summed E-state index contributed by atoms with van der Waals surface area (Å²) in [6, 6.07) is -0.694. The number of hydrogen-bond acceptors (Lipinski definition) is 4. The van der Waals surface area contributed by atoms with Crippen molar-refractivity contribution in [3.05, 3.63) is 0 Å². The van der Waals surface area contributed by atoms with Crippen molar-refractivity contribution in [1.29, 1.82) is 0 Å². The Balaban J connectivity index is 2.96. The van der Waals surface area contributed by atoms with Crippen molar-refractivity contribution in [2.24, 2.45) is 23.5 Å². The third-order valence-corrected chi connectivity index (χ3v) is 4.52. The summed E-state index contributed by atoms with van der Waals surface area (Å²) < 4.78 is 0. The molecular weight excluding hydrogens is 260 g/mol. The van der Waals surface area contributed by atoms with Gasteiger partial charge >= 0.3 is 5.97 Å². The van der Waals surface area contributed by atoms with Crippen molar-refractivity contribution in [3.8, 4) is 0 Å². The van der Waals surface area contributed by atoms with Crippen LogP contribution >= 0.6 is 0 Å². The van der Waals surface area contributed by atoms with Gasteiger partial charge in [0.15, 0.2) is 0 Å². The molecule has 0 aromatic heterocycles. The molecule has 0 aliphatic heterocycles. The van der Waals surface area contributed by atoms with Crippen molar-refractivity contribution in [2.75, 3.05) is 0 Å². The van der Waals surface area contributed by atoms with E-state index in [1.165, 1.54) is 6.92 Å². The molecule has 0 spiro atoms. The molecule has 0 unspecified atom stereocenters. The van der Waals surface area contributed by atoms with Crippen LogP contribution in [0, 0.1) is 17.8 Å². The number of carbonyl (C=O) groups excluding carboxylic acids is 1. The Hall–Kier alpha value is -1.14. The van der Waals surface area contributed by atoms with Gasteiger partial charge in [0.05, 0.1) is 12.0 Å². The Bertz CT molecular complexity index is 357. The standard InChI is InChI=1S/C14H26N2O4/c1-4-8(5-2)12(15)11-10(16-7(3)17)6-9(13(11)18)14(19)20/h8-13,18H,4-6,15H2,1-3H3,(H,16,17)(H,19,20)/t9-,10-,11-,12+,13-/m1/s1. The van der Waals surface area contributed by atoms with Crippen molar-refractivity contribution < 1.29 is 19.8 Å². The van der Waals surface area contributed by atoms with E-state index in [9.17, 15) is 19.8 Å². The normalized spacial score (nSPS) is 31.3. The number of hydrogen-bond donors (Lipinski definition) is 4. The minimum Gasteiger partial charge on any atom is -0.481 e. The third-order valence-electron chi connectivity index (χ3n) is 4.52. The lowest BCUT2D eigenvalue weighted by Crippen LogP contribution is -2.50. The van der Waals surface area contributed by atoms with E-state index in [0.717, 1.165) is 12.8 Å². The van der Waals surface area contributed by atoms with Gasteiger partial charge in [-0.2, -0.15) is 0 Å². The molecule has 1 amide bonds. The molecule has 1 saturated carbocycles. The number of rotatable bonds is 6. The van der Waals surface area contributed by atoms with Crippen molar-refractivity contribution >= 4 is 11.9 Å². The van der Waals surface area contributed by atoms with Gasteiger partial charge in [-0.25, -0.2) is 0 Å². The second-order valence-corrected chi connectivity index (χ2v) is 5.71. The van der Waals surface area contributed by atoms with Gasteiger partial charge in [0, 0.05) is 24.9 Å². The summed E-state index contributed by atoms with van der Waals surface area (Å²) in [5, 5.41) is 22.2. The minimum absolute atomic E-state index is 0.207. The molecular formula is C14H26N2O4. The molecule has 6 nitrogen and oxygen atoms in total. The molecule has 5 N–H and O–H groups in total. The predicted octanol–water partition coefficient (Wildman–Crippen LogP) is 0.336. The quantitative estimate of drug-likeness (QED) is 0.562. The molecule has 1 aliphatic carbocycles.